The van der Waals surface area contributed by atoms with Gasteiger partial charge in [0.1, 0.15) is 5.82 Å². The molecule has 0 aliphatic heterocycles. The Labute approximate surface area is 105 Å². The SMILES string of the molecule is O=[N+]([O-])c1ccnc(NCC2CCCCC2O)c1. The van der Waals surface area contributed by atoms with E-state index in [0.717, 1.165) is 25.7 Å². The van der Waals surface area contributed by atoms with E-state index in [2.05, 4.69) is 10.3 Å². The summed E-state index contributed by atoms with van der Waals surface area (Å²) in [7, 11) is 0. The van der Waals surface area contributed by atoms with E-state index in [-0.39, 0.29) is 17.7 Å². The summed E-state index contributed by atoms with van der Waals surface area (Å²) in [6.45, 7) is 0.606. The number of hydrogen-bond acceptors (Lipinski definition) is 5. The minimum absolute atomic E-state index is 0.0247. The van der Waals surface area contributed by atoms with Gasteiger partial charge in [0.15, 0.2) is 0 Å². The number of nitro groups is 1. The van der Waals surface area contributed by atoms with Gasteiger partial charge in [-0.05, 0) is 12.8 Å². The zero-order valence-corrected chi connectivity index (χ0v) is 10.1. The number of aliphatic hydroxyl groups excluding tert-OH is 1. The fourth-order valence-corrected chi connectivity index (χ4v) is 2.29. The number of hydrogen-bond donors (Lipinski definition) is 2. The van der Waals surface area contributed by atoms with E-state index in [9.17, 15) is 15.2 Å². The molecule has 2 rings (SSSR count). The number of rotatable bonds is 4. The topological polar surface area (TPSA) is 88.3 Å². The second-order valence-electron chi connectivity index (χ2n) is 4.65. The lowest BCUT2D eigenvalue weighted by Crippen LogP contribution is -2.30. The third-order valence-electron chi connectivity index (χ3n) is 3.37. The van der Waals surface area contributed by atoms with Crippen LogP contribution >= 0.6 is 0 Å². The highest BCUT2D eigenvalue weighted by Gasteiger charge is 2.22. The van der Waals surface area contributed by atoms with Gasteiger partial charge < -0.3 is 10.4 Å². The predicted octanol–water partition coefficient (Wildman–Crippen LogP) is 1.95. The summed E-state index contributed by atoms with van der Waals surface area (Å²) in [6.07, 6.45) is 5.18. The Morgan fingerprint density at radius 2 is 2.28 bits per heavy atom. The van der Waals surface area contributed by atoms with Crippen molar-refractivity contribution in [2.24, 2.45) is 5.92 Å². The third kappa shape index (κ3) is 3.16. The molecule has 1 fully saturated rings. The standard InChI is InChI=1S/C12H17N3O3/c16-11-4-2-1-3-9(11)8-14-12-7-10(15(17)18)5-6-13-12/h5-7,9,11,16H,1-4,8H2,(H,13,14). The van der Waals surface area contributed by atoms with Gasteiger partial charge in [0.25, 0.3) is 5.69 Å². The summed E-state index contributed by atoms with van der Waals surface area (Å²) >= 11 is 0. The molecule has 2 atom stereocenters. The highest BCUT2D eigenvalue weighted by Crippen LogP contribution is 2.24. The predicted molar refractivity (Wildman–Crippen MR) is 67.3 cm³/mol. The van der Waals surface area contributed by atoms with Crippen molar-refractivity contribution in [2.45, 2.75) is 31.8 Å². The molecule has 1 aliphatic rings. The van der Waals surface area contributed by atoms with Crippen LogP contribution in [-0.2, 0) is 0 Å². The van der Waals surface area contributed by atoms with Crippen LogP contribution in [0.3, 0.4) is 0 Å². The highest BCUT2D eigenvalue weighted by molar-refractivity contribution is 5.44. The molecule has 0 amide bonds. The number of aliphatic hydroxyl groups is 1. The van der Waals surface area contributed by atoms with Gasteiger partial charge >= 0.3 is 0 Å². The summed E-state index contributed by atoms with van der Waals surface area (Å²) in [5, 5.41) is 23.5. The second kappa shape index (κ2) is 5.77. The third-order valence-corrected chi connectivity index (χ3v) is 3.37. The van der Waals surface area contributed by atoms with Crippen molar-refractivity contribution < 1.29 is 10.0 Å². The first-order valence-electron chi connectivity index (χ1n) is 6.19. The largest absolute Gasteiger partial charge is 0.393 e. The van der Waals surface area contributed by atoms with Crippen LogP contribution in [0.4, 0.5) is 11.5 Å². The van der Waals surface area contributed by atoms with Crippen LogP contribution in [0.15, 0.2) is 18.3 Å². The quantitative estimate of drug-likeness (QED) is 0.630. The van der Waals surface area contributed by atoms with Gasteiger partial charge in [0.2, 0.25) is 0 Å². The van der Waals surface area contributed by atoms with Gasteiger partial charge in [-0.3, -0.25) is 10.1 Å². The van der Waals surface area contributed by atoms with E-state index in [0.29, 0.717) is 12.4 Å². The van der Waals surface area contributed by atoms with E-state index >= 15 is 0 Å². The molecule has 2 N–H and O–H groups in total. The van der Waals surface area contributed by atoms with Crippen LogP contribution < -0.4 is 5.32 Å². The summed E-state index contributed by atoms with van der Waals surface area (Å²) < 4.78 is 0. The van der Waals surface area contributed by atoms with Crippen molar-refractivity contribution in [1.29, 1.82) is 0 Å². The Bertz CT molecular complexity index is 425. The summed E-state index contributed by atoms with van der Waals surface area (Å²) in [5.41, 5.74) is 0.0247. The number of nitrogens with one attached hydrogen (secondary N) is 1. The minimum Gasteiger partial charge on any atom is -0.393 e. The van der Waals surface area contributed by atoms with E-state index in [1.807, 2.05) is 0 Å². The van der Waals surface area contributed by atoms with Crippen molar-refractivity contribution in [3.63, 3.8) is 0 Å². The maximum absolute atomic E-state index is 10.6. The van der Waals surface area contributed by atoms with Crippen molar-refractivity contribution in [3.05, 3.63) is 28.4 Å². The Morgan fingerprint density at radius 1 is 1.50 bits per heavy atom. The van der Waals surface area contributed by atoms with E-state index in [1.54, 1.807) is 0 Å². The molecule has 1 aromatic rings. The summed E-state index contributed by atoms with van der Waals surface area (Å²) in [5.74, 6) is 0.696. The number of anilines is 1. The lowest BCUT2D eigenvalue weighted by molar-refractivity contribution is -0.384. The monoisotopic (exact) mass is 251 g/mol. The molecule has 1 aliphatic carbocycles. The molecule has 1 saturated carbocycles. The van der Waals surface area contributed by atoms with E-state index in [4.69, 9.17) is 0 Å². The molecular formula is C12H17N3O3. The molecule has 0 saturated heterocycles. The first kappa shape index (κ1) is 12.8. The van der Waals surface area contributed by atoms with Crippen LogP contribution in [0.25, 0.3) is 0 Å². The maximum Gasteiger partial charge on any atom is 0.274 e. The minimum atomic E-state index is -0.442. The Hall–Kier alpha value is -1.69. The molecule has 0 radical (unpaired) electrons. The number of nitrogens with zero attached hydrogens (tertiary/aromatic N) is 2. The zero-order valence-electron chi connectivity index (χ0n) is 10.1. The maximum atomic E-state index is 10.6. The van der Waals surface area contributed by atoms with E-state index < -0.39 is 4.92 Å². The van der Waals surface area contributed by atoms with Gasteiger partial charge in [0.05, 0.1) is 17.1 Å². The van der Waals surface area contributed by atoms with E-state index in [1.165, 1.54) is 18.3 Å². The first-order valence-corrected chi connectivity index (χ1v) is 6.19. The molecule has 6 nitrogen and oxygen atoms in total. The summed E-state index contributed by atoms with van der Waals surface area (Å²) in [6, 6.07) is 2.77. The van der Waals surface area contributed by atoms with Crippen molar-refractivity contribution in [1.82, 2.24) is 4.98 Å². The van der Waals surface area contributed by atoms with Crippen LogP contribution in [0.1, 0.15) is 25.7 Å². The number of pyridine rings is 1. The van der Waals surface area contributed by atoms with Gasteiger partial charge in [-0.2, -0.15) is 0 Å². The average molecular weight is 251 g/mol. The Balaban J connectivity index is 1.93. The number of aromatic nitrogens is 1. The van der Waals surface area contributed by atoms with Crippen molar-refractivity contribution >= 4 is 11.5 Å². The lowest BCUT2D eigenvalue weighted by atomic mass is 9.86. The lowest BCUT2D eigenvalue weighted by Gasteiger charge is -2.27. The van der Waals surface area contributed by atoms with Crippen LogP contribution in [-0.4, -0.2) is 27.7 Å². The molecule has 0 bridgehead atoms. The molecule has 1 aromatic heterocycles. The second-order valence-corrected chi connectivity index (χ2v) is 4.65. The van der Waals surface area contributed by atoms with Crippen molar-refractivity contribution in [2.75, 3.05) is 11.9 Å². The van der Waals surface area contributed by atoms with Gasteiger partial charge in [-0.25, -0.2) is 4.98 Å². The highest BCUT2D eigenvalue weighted by atomic mass is 16.6. The zero-order chi connectivity index (χ0) is 13.0. The van der Waals surface area contributed by atoms with Crippen LogP contribution in [0.5, 0.6) is 0 Å². The Kier molecular flexibility index (Phi) is 4.09. The molecule has 0 spiro atoms. The van der Waals surface area contributed by atoms with Crippen LogP contribution in [0, 0.1) is 16.0 Å². The summed E-state index contributed by atoms with van der Waals surface area (Å²) in [4.78, 5) is 14.2. The molecule has 2 unspecified atom stereocenters. The smallest absolute Gasteiger partial charge is 0.274 e. The fraction of sp³-hybridized carbons (Fsp3) is 0.583. The molecule has 18 heavy (non-hydrogen) atoms. The molecule has 98 valence electrons. The average Bonchev–Trinajstić information content (AvgIpc) is 2.38. The molecule has 0 aromatic carbocycles. The Morgan fingerprint density at radius 3 is 3.00 bits per heavy atom. The molecular weight excluding hydrogens is 234 g/mol. The van der Waals surface area contributed by atoms with Crippen molar-refractivity contribution in [3.8, 4) is 0 Å². The van der Waals surface area contributed by atoms with Gasteiger partial charge in [0, 0.05) is 24.7 Å². The van der Waals surface area contributed by atoms with Crippen LogP contribution in [0.2, 0.25) is 0 Å². The van der Waals surface area contributed by atoms with Gasteiger partial charge in [-0.1, -0.05) is 12.8 Å². The van der Waals surface area contributed by atoms with Gasteiger partial charge in [-0.15, -0.1) is 0 Å². The first-order chi connectivity index (χ1) is 8.66. The fourth-order valence-electron chi connectivity index (χ4n) is 2.29. The molecule has 6 heteroatoms. The molecule has 1 heterocycles. The normalized spacial score (nSPS) is 23.6.